The quantitative estimate of drug-likeness (QED) is 0.666. The number of fused-ring (bicyclic) bond motifs is 1. The van der Waals surface area contributed by atoms with Gasteiger partial charge in [0.05, 0.1) is 7.11 Å². The zero-order valence-corrected chi connectivity index (χ0v) is 12.0. The molecule has 1 aromatic carbocycles. The third-order valence-electron chi connectivity index (χ3n) is 3.18. The number of pyridine rings is 1. The van der Waals surface area contributed by atoms with E-state index in [1.165, 1.54) is 24.0 Å². The Morgan fingerprint density at radius 3 is 2.65 bits per heavy atom. The van der Waals surface area contributed by atoms with Crippen molar-refractivity contribution in [3.8, 4) is 11.1 Å². The lowest BCUT2D eigenvalue weighted by atomic mass is 10.0. The fourth-order valence-corrected chi connectivity index (χ4v) is 3.26. The summed E-state index contributed by atoms with van der Waals surface area (Å²) in [6, 6.07) is 12.0. The zero-order chi connectivity index (χ0) is 14.1. The topological polar surface area (TPSA) is 39.2 Å². The number of rotatable bonds is 2. The number of nitrogens with zero attached hydrogens (tertiary/aromatic N) is 1. The molecule has 0 atom stereocenters. The van der Waals surface area contributed by atoms with Gasteiger partial charge in [0.25, 0.3) is 0 Å². The molecule has 0 bridgehead atoms. The van der Waals surface area contributed by atoms with Crippen molar-refractivity contribution in [2.45, 2.75) is 6.92 Å². The van der Waals surface area contributed by atoms with Crippen LogP contribution in [0.2, 0.25) is 0 Å². The van der Waals surface area contributed by atoms with Crippen molar-refractivity contribution in [3.05, 3.63) is 53.0 Å². The molecular formula is C16H13NO2S. The van der Waals surface area contributed by atoms with Crippen molar-refractivity contribution in [1.82, 2.24) is 4.98 Å². The Morgan fingerprint density at radius 2 is 1.95 bits per heavy atom. The standard InChI is InChI=1S/C16H13NO2S/c1-10-5-7-11(8-6-10)13-12-4-3-9-17-15(12)20-14(13)16(18)19-2/h3-9H,1-2H3. The molecule has 0 N–H and O–H groups in total. The van der Waals surface area contributed by atoms with Gasteiger partial charge in [-0.3, -0.25) is 0 Å². The van der Waals surface area contributed by atoms with Gasteiger partial charge in [-0.25, -0.2) is 9.78 Å². The van der Waals surface area contributed by atoms with E-state index >= 15 is 0 Å². The van der Waals surface area contributed by atoms with Gasteiger partial charge in [-0.1, -0.05) is 29.8 Å². The van der Waals surface area contributed by atoms with Gasteiger partial charge in [0.2, 0.25) is 0 Å². The first-order valence-electron chi connectivity index (χ1n) is 6.23. The molecule has 3 nitrogen and oxygen atoms in total. The molecule has 0 aliphatic rings. The minimum absolute atomic E-state index is 0.316. The normalized spacial score (nSPS) is 10.7. The van der Waals surface area contributed by atoms with E-state index in [1.807, 2.05) is 43.3 Å². The lowest BCUT2D eigenvalue weighted by Crippen LogP contribution is -1.99. The van der Waals surface area contributed by atoms with Crippen LogP contribution in [0.25, 0.3) is 21.3 Å². The van der Waals surface area contributed by atoms with Crippen molar-refractivity contribution in [2.75, 3.05) is 7.11 Å². The van der Waals surface area contributed by atoms with Crippen molar-refractivity contribution in [3.63, 3.8) is 0 Å². The summed E-state index contributed by atoms with van der Waals surface area (Å²) >= 11 is 1.37. The van der Waals surface area contributed by atoms with Crippen LogP contribution < -0.4 is 0 Å². The second-order valence-electron chi connectivity index (χ2n) is 4.52. The number of ether oxygens (including phenoxy) is 1. The molecule has 0 aliphatic carbocycles. The summed E-state index contributed by atoms with van der Waals surface area (Å²) in [5.74, 6) is -0.316. The van der Waals surface area contributed by atoms with E-state index in [2.05, 4.69) is 4.98 Å². The molecule has 0 fully saturated rings. The first-order valence-corrected chi connectivity index (χ1v) is 7.05. The number of methoxy groups -OCH3 is 1. The van der Waals surface area contributed by atoms with Crippen LogP contribution in [-0.2, 0) is 4.74 Å². The van der Waals surface area contributed by atoms with E-state index < -0.39 is 0 Å². The highest BCUT2D eigenvalue weighted by Gasteiger charge is 2.20. The van der Waals surface area contributed by atoms with Crippen molar-refractivity contribution in [2.24, 2.45) is 0 Å². The van der Waals surface area contributed by atoms with Crippen molar-refractivity contribution < 1.29 is 9.53 Å². The number of thiophene rings is 1. The van der Waals surface area contributed by atoms with E-state index in [0.717, 1.165) is 21.3 Å². The average molecular weight is 283 g/mol. The van der Waals surface area contributed by atoms with E-state index in [1.54, 1.807) is 6.20 Å². The molecule has 4 heteroatoms. The highest BCUT2D eigenvalue weighted by Crippen LogP contribution is 2.38. The van der Waals surface area contributed by atoms with Crippen LogP contribution in [0.3, 0.4) is 0 Å². The Kier molecular flexibility index (Phi) is 3.24. The largest absolute Gasteiger partial charge is 0.465 e. The molecule has 2 heterocycles. The van der Waals surface area contributed by atoms with E-state index in [0.29, 0.717) is 4.88 Å². The van der Waals surface area contributed by atoms with Gasteiger partial charge in [-0.15, -0.1) is 11.3 Å². The molecule has 3 rings (SSSR count). The predicted molar refractivity (Wildman–Crippen MR) is 81.1 cm³/mol. The van der Waals surface area contributed by atoms with Crippen LogP contribution in [0.4, 0.5) is 0 Å². The number of benzene rings is 1. The number of hydrogen-bond donors (Lipinski definition) is 0. The summed E-state index contributed by atoms with van der Waals surface area (Å²) in [6.07, 6.45) is 1.73. The number of aromatic nitrogens is 1. The maximum atomic E-state index is 12.0. The van der Waals surface area contributed by atoms with Gasteiger partial charge in [-0.05, 0) is 24.6 Å². The number of carbonyl (C=O) groups excluding carboxylic acids is 1. The summed E-state index contributed by atoms with van der Waals surface area (Å²) in [4.78, 5) is 17.8. The summed E-state index contributed by atoms with van der Waals surface area (Å²) in [5.41, 5.74) is 3.10. The molecule has 3 aromatic rings. The van der Waals surface area contributed by atoms with Crippen LogP contribution in [0.15, 0.2) is 42.6 Å². The van der Waals surface area contributed by atoms with Crippen molar-refractivity contribution >= 4 is 27.5 Å². The van der Waals surface area contributed by atoms with Crippen LogP contribution >= 0.6 is 11.3 Å². The number of aryl methyl sites for hydroxylation is 1. The Morgan fingerprint density at radius 1 is 1.20 bits per heavy atom. The lowest BCUT2D eigenvalue weighted by Gasteiger charge is -2.04. The molecule has 0 unspecified atom stereocenters. The number of hydrogen-bond acceptors (Lipinski definition) is 4. The Hall–Kier alpha value is -2.20. The molecular weight excluding hydrogens is 270 g/mol. The number of esters is 1. The summed E-state index contributed by atoms with van der Waals surface area (Å²) in [7, 11) is 1.40. The van der Waals surface area contributed by atoms with E-state index in [-0.39, 0.29) is 5.97 Å². The monoisotopic (exact) mass is 283 g/mol. The minimum atomic E-state index is -0.316. The van der Waals surface area contributed by atoms with E-state index in [9.17, 15) is 4.79 Å². The second-order valence-corrected chi connectivity index (χ2v) is 5.52. The minimum Gasteiger partial charge on any atom is -0.465 e. The van der Waals surface area contributed by atoms with Gasteiger partial charge in [0.15, 0.2) is 0 Å². The SMILES string of the molecule is COC(=O)c1sc2ncccc2c1-c1ccc(C)cc1. The maximum Gasteiger partial charge on any atom is 0.348 e. The van der Waals surface area contributed by atoms with Gasteiger partial charge < -0.3 is 4.74 Å². The molecule has 100 valence electrons. The van der Waals surface area contributed by atoms with Crippen molar-refractivity contribution in [1.29, 1.82) is 0 Å². The molecule has 0 spiro atoms. The first kappa shape index (κ1) is 12.8. The Bertz CT molecular complexity index is 775. The van der Waals surface area contributed by atoms with Gasteiger partial charge in [0, 0.05) is 17.1 Å². The molecule has 20 heavy (non-hydrogen) atoms. The molecule has 0 radical (unpaired) electrons. The summed E-state index contributed by atoms with van der Waals surface area (Å²) in [6.45, 7) is 2.04. The summed E-state index contributed by atoms with van der Waals surface area (Å²) in [5, 5.41) is 0.988. The van der Waals surface area contributed by atoms with Gasteiger partial charge in [-0.2, -0.15) is 0 Å². The highest BCUT2D eigenvalue weighted by atomic mass is 32.1. The molecule has 0 aliphatic heterocycles. The fraction of sp³-hybridized carbons (Fsp3) is 0.125. The van der Waals surface area contributed by atoms with Crippen LogP contribution in [0.5, 0.6) is 0 Å². The number of carbonyl (C=O) groups is 1. The third kappa shape index (κ3) is 2.08. The molecule has 2 aromatic heterocycles. The van der Waals surface area contributed by atoms with E-state index in [4.69, 9.17) is 4.74 Å². The average Bonchev–Trinajstić information content (AvgIpc) is 2.87. The van der Waals surface area contributed by atoms with Crippen LogP contribution in [-0.4, -0.2) is 18.1 Å². The van der Waals surface area contributed by atoms with Gasteiger partial charge >= 0.3 is 5.97 Å². The Balaban J connectivity index is 2.31. The van der Waals surface area contributed by atoms with Crippen LogP contribution in [0, 0.1) is 6.92 Å². The predicted octanol–water partition coefficient (Wildman–Crippen LogP) is 4.06. The molecule has 0 saturated carbocycles. The highest BCUT2D eigenvalue weighted by molar-refractivity contribution is 7.21. The molecule has 0 saturated heterocycles. The smallest absolute Gasteiger partial charge is 0.348 e. The first-order chi connectivity index (χ1) is 9.70. The second kappa shape index (κ2) is 5.06. The lowest BCUT2D eigenvalue weighted by molar-refractivity contribution is 0.0607. The Labute approximate surface area is 120 Å². The summed E-state index contributed by atoms with van der Waals surface area (Å²) < 4.78 is 4.90. The fourth-order valence-electron chi connectivity index (χ4n) is 2.18. The third-order valence-corrected chi connectivity index (χ3v) is 4.27. The zero-order valence-electron chi connectivity index (χ0n) is 11.2. The van der Waals surface area contributed by atoms with Gasteiger partial charge in [0.1, 0.15) is 9.71 Å². The van der Waals surface area contributed by atoms with Crippen LogP contribution in [0.1, 0.15) is 15.2 Å². The molecule has 0 amide bonds. The maximum absolute atomic E-state index is 12.0.